The van der Waals surface area contributed by atoms with Crippen molar-refractivity contribution < 1.29 is 23.9 Å². The van der Waals surface area contributed by atoms with Crippen LogP contribution in [0.3, 0.4) is 0 Å². The molecule has 0 amide bonds. The number of aromatic nitrogens is 2. The maximum absolute atomic E-state index is 12.9. The molecule has 2 N–H and O–H groups in total. The van der Waals surface area contributed by atoms with Crippen molar-refractivity contribution in [2.45, 2.75) is 6.92 Å². The quantitative estimate of drug-likeness (QED) is 0.739. The van der Waals surface area contributed by atoms with Gasteiger partial charge >= 0.3 is 5.97 Å². The van der Waals surface area contributed by atoms with Crippen molar-refractivity contribution in [3.05, 3.63) is 71.4 Å². The van der Waals surface area contributed by atoms with Crippen LogP contribution >= 0.6 is 0 Å². The minimum atomic E-state index is -1.19. The second kappa shape index (κ2) is 9.24. The van der Waals surface area contributed by atoms with Crippen LogP contribution in [-0.4, -0.2) is 32.9 Å². The van der Waals surface area contributed by atoms with E-state index in [0.29, 0.717) is 0 Å². The average Bonchev–Trinajstić information content (AvgIpc) is 3.06. The van der Waals surface area contributed by atoms with Gasteiger partial charge in [-0.3, -0.25) is 4.98 Å². The molecule has 2 aromatic heterocycles. The number of aromatic carboxylic acids is 1. The Kier molecular flexibility index (Phi) is 6.75. The summed E-state index contributed by atoms with van der Waals surface area (Å²) in [6.07, 6.45) is 4.24. The van der Waals surface area contributed by atoms with Gasteiger partial charge < -0.3 is 14.7 Å². The topological polar surface area (TPSA) is 96.5 Å². The van der Waals surface area contributed by atoms with Gasteiger partial charge in [-0.05, 0) is 30.7 Å². The van der Waals surface area contributed by atoms with Crippen LogP contribution in [-0.2, 0) is 0 Å². The maximum atomic E-state index is 12.9. The van der Waals surface area contributed by atoms with Crippen molar-refractivity contribution >= 4 is 18.1 Å². The van der Waals surface area contributed by atoms with E-state index in [1.54, 1.807) is 13.0 Å². The number of aliphatic hydroxyl groups is 1. The van der Waals surface area contributed by atoms with Crippen molar-refractivity contribution in [1.29, 1.82) is 0 Å². The molecule has 3 rings (SSSR count). The van der Waals surface area contributed by atoms with Gasteiger partial charge in [0, 0.05) is 6.61 Å². The number of pyridine rings is 1. The summed E-state index contributed by atoms with van der Waals surface area (Å²) in [4.78, 5) is 15.4. The van der Waals surface area contributed by atoms with E-state index in [2.05, 4.69) is 10.1 Å². The number of aliphatic hydroxyl groups excluding tert-OH is 1. The Morgan fingerprint density at radius 1 is 1.19 bits per heavy atom. The zero-order chi connectivity index (χ0) is 18.9. The van der Waals surface area contributed by atoms with E-state index in [-0.39, 0.29) is 29.3 Å². The number of carboxylic acid groups (broad SMARTS) is 1. The van der Waals surface area contributed by atoms with Crippen molar-refractivity contribution in [2.24, 2.45) is 0 Å². The summed E-state index contributed by atoms with van der Waals surface area (Å²) in [5, 5.41) is 20.7. The number of hydrogen-bond acceptors (Lipinski definition) is 5. The highest BCUT2D eigenvalue weighted by Gasteiger charge is 2.22. The van der Waals surface area contributed by atoms with E-state index >= 15 is 0 Å². The molecular weight excluding hydrogens is 339 g/mol. The number of carbonyl (C=O) groups is 1. The van der Waals surface area contributed by atoms with Crippen LogP contribution < -0.4 is 0 Å². The Balaban J connectivity index is 0.000000758. The van der Waals surface area contributed by atoms with Gasteiger partial charge in [0.2, 0.25) is 0 Å². The fourth-order valence-electron chi connectivity index (χ4n) is 2.05. The maximum Gasteiger partial charge on any atom is 0.342 e. The van der Waals surface area contributed by atoms with Gasteiger partial charge in [0.25, 0.3) is 0 Å². The average molecular weight is 356 g/mol. The molecule has 0 aliphatic heterocycles. The predicted octanol–water partition coefficient (Wildman–Crippen LogP) is 3.74. The van der Waals surface area contributed by atoms with Gasteiger partial charge in [0.1, 0.15) is 17.1 Å². The van der Waals surface area contributed by atoms with E-state index in [1.165, 1.54) is 18.2 Å². The lowest BCUT2D eigenvalue weighted by Crippen LogP contribution is -2.00. The fraction of sp³-hybridized carbons (Fsp3) is 0.105. The van der Waals surface area contributed by atoms with Crippen LogP contribution in [0.1, 0.15) is 28.6 Å². The summed E-state index contributed by atoms with van der Waals surface area (Å²) in [6.45, 7) is 1.93. The highest BCUT2D eigenvalue weighted by molar-refractivity contribution is 5.98. The first-order valence-electron chi connectivity index (χ1n) is 7.75. The second-order valence-electron chi connectivity index (χ2n) is 5.00. The lowest BCUT2D eigenvalue weighted by Gasteiger charge is -1.97. The van der Waals surface area contributed by atoms with Gasteiger partial charge in [0.15, 0.2) is 5.76 Å². The highest BCUT2D eigenvalue weighted by atomic mass is 19.1. The van der Waals surface area contributed by atoms with Crippen molar-refractivity contribution in [3.8, 4) is 11.4 Å². The number of nitrogens with zero attached hydrogens (tertiary/aromatic N) is 2. The second-order valence-corrected chi connectivity index (χ2v) is 5.00. The first-order valence-corrected chi connectivity index (χ1v) is 7.75. The summed E-state index contributed by atoms with van der Waals surface area (Å²) < 4.78 is 18.1. The van der Waals surface area contributed by atoms with E-state index in [1.807, 2.05) is 30.3 Å². The Morgan fingerprint density at radius 2 is 1.88 bits per heavy atom. The zero-order valence-electron chi connectivity index (χ0n) is 14.0. The van der Waals surface area contributed by atoms with E-state index in [4.69, 9.17) is 9.63 Å². The number of benzene rings is 1. The predicted molar refractivity (Wildman–Crippen MR) is 94.8 cm³/mol. The lowest BCUT2D eigenvalue weighted by molar-refractivity contribution is 0.0696. The summed E-state index contributed by atoms with van der Waals surface area (Å²) in [6, 6.07) is 11.9. The molecule has 0 saturated heterocycles. The molecule has 6 nitrogen and oxygen atoms in total. The molecule has 0 aliphatic rings. The standard InChI is InChI=1S/C17H11FN2O3.C2H6O/c18-12-7-8-13(19-10-12)16-15(17(21)22)14(23-20-16)9-6-11-4-2-1-3-5-11;1-2-3/h1-10H,(H,21,22);3H,2H2,1H3/b9-6+;. The molecule has 0 radical (unpaired) electrons. The molecule has 0 spiro atoms. The third-order valence-corrected chi connectivity index (χ3v) is 3.13. The molecule has 0 bridgehead atoms. The van der Waals surface area contributed by atoms with Crippen LogP contribution in [0, 0.1) is 5.82 Å². The van der Waals surface area contributed by atoms with E-state index in [0.717, 1.165) is 11.8 Å². The van der Waals surface area contributed by atoms with Crippen LogP contribution in [0.5, 0.6) is 0 Å². The molecule has 0 unspecified atom stereocenters. The molecule has 134 valence electrons. The molecule has 1 aromatic carbocycles. The van der Waals surface area contributed by atoms with E-state index < -0.39 is 11.8 Å². The number of carboxylic acids is 1. The molecule has 0 saturated carbocycles. The smallest absolute Gasteiger partial charge is 0.342 e. The Morgan fingerprint density at radius 3 is 2.46 bits per heavy atom. The largest absolute Gasteiger partial charge is 0.477 e. The molecular formula is C19H17FN2O4. The van der Waals surface area contributed by atoms with Gasteiger partial charge in [-0.2, -0.15) is 0 Å². The highest BCUT2D eigenvalue weighted by Crippen LogP contribution is 2.25. The van der Waals surface area contributed by atoms with Crippen molar-refractivity contribution in [2.75, 3.05) is 6.61 Å². The summed E-state index contributed by atoms with van der Waals surface area (Å²) >= 11 is 0. The van der Waals surface area contributed by atoms with Gasteiger partial charge in [-0.1, -0.05) is 41.6 Å². The molecule has 0 atom stereocenters. The number of rotatable bonds is 4. The molecule has 3 aromatic rings. The van der Waals surface area contributed by atoms with Crippen LogP contribution in [0.4, 0.5) is 4.39 Å². The molecule has 7 heteroatoms. The van der Waals surface area contributed by atoms with E-state index in [9.17, 15) is 14.3 Å². The van der Waals surface area contributed by atoms with Gasteiger partial charge in [-0.25, -0.2) is 9.18 Å². The first-order chi connectivity index (χ1) is 12.6. The minimum Gasteiger partial charge on any atom is -0.477 e. The van der Waals surface area contributed by atoms with Crippen molar-refractivity contribution in [1.82, 2.24) is 10.1 Å². The minimum absolute atomic E-state index is 0.0604. The third-order valence-electron chi connectivity index (χ3n) is 3.13. The Bertz CT molecular complexity index is 874. The van der Waals surface area contributed by atoms with Crippen LogP contribution in [0.2, 0.25) is 0 Å². The Labute approximate surface area is 149 Å². The molecule has 0 fully saturated rings. The van der Waals surface area contributed by atoms with Gasteiger partial charge in [-0.15, -0.1) is 0 Å². The fourth-order valence-corrected chi connectivity index (χ4v) is 2.05. The zero-order valence-corrected chi connectivity index (χ0v) is 14.0. The Hall–Kier alpha value is -3.32. The monoisotopic (exact) mass is 356 g/mol. The van der Waals surface area contributed by atoms with Crippen molar-refractivity contribution in [3.63, 3.8) is 0 Å². The molecule has 26 heavy (non-hydrogen) atoms. The van der Waals surface area contributed by atoms with Gasteiger partial charge in [0.05, 0.1) is 11.9 Å². The first kappa shape index (κ1) is 19.0. The summed E-state index contributed by atoms with van der Waals surface area (Å²) in [5.74, 6) is -1.61. The SMILES string of the molecule is CCO.O=C(O)c1c(-c2ccc(F)cn2)noc1/C=C/c1ccccc1. The number of hydrogen-bond donors (Lipinski definition) is 2. The molecule has 2 heterocycles. The van der Waals surface area contributed by atoms with Crippen LogP contribution in [0.25, 0.3) is 23.5 Å². The molecule has 0 aliphatic carbocycles. The van der Waals surface area contributed by atoms with Crippen LogP contribution in [0.15, 0.2) is 53.2 Å². The number of halogens is 1. The summed E-state index contributed by atoms with van der Waals surface area (Å²) in [7, 11) is 0. The lowest BCUT2D eigenvalue weighted by atomic mass is 10.1. The normalized spacial score (nSPS) is 10.4. The third kappa shape index (κ3) is 4.84. The summed E-state index contributed by atoms with van der Waals surface area (Å²) in [5.41, 5.74) is 1.06.